The molecular formula is C21H23N3O4. The van der Waals surface area contributed by atoms with Gasteiger partial charge in [0.2, 0.25) is 0 Å². The summed E-state index contributed by atoms with van der Waals surface area (Å²) >= 11 is 0. The Hall–Kier alpha value is -3.53. The summed E-state index contributed by atoms with van der Waals surface area (Å²) in [6, 6.07) is 13.4. The monoisotopic (exact) mass is 381 g/mol. The number of nitrogens with zero attached hydrogens (tertiary/aromatic N) is 1. The van der Waals surface area contributed by atoms with E-state index in [2.05, 4.69) is 11.4 Å². The van der Waals surface area contributed by atoms with E-state index in [1.165, 1.54) is 0 Å². The van der Waals surface area contributed by atoms with Gasteiger partial charge in [0.25, 0.3) is 5.91 Å². The molecule has 0 radical (unpaired) electrons. The Morgan fingerprint density at radius 1 is 1.18 bits per heavy atom. The molecule has 1 amide bonds. The largest absolute Gasteiger partial charge is 0.484 e. The van der Waals surface area contributed by atoms with E-state index in [1.54, 1.807) is 43.3 Å². The van der Waals surface area contributed by atoms with Crippen molar-refractivity contribution in [2.45, 2.75) is 26.3 Å². The van der Waals surface area contributed by atoms with Crippen LogP contribution in [-0.2, 0) is 20.7 Å². The number of aryl methyl sites for hydroxylation is 1. The van der Waals surface area contributed by atoms with E-state index in [-0.39, 0.29) is 13.2 Å². The normalized spacial score (nSPS) is 11.2. The number of amides is 1. The van der Waals surface area contributed by atoms with E-state index in [4.69, 9.17) is 20.5 Å². The van der Waals surface area contributed by atoms with Crippen LogP contribution in [0.15, 0.2) is 42.5 Å². The Morgan fingerprint density at radius 3 is 2.46 bits per heavy atom. The number of hydrogen-bond donors (Lipinski definition) is 2. The molecule has 2 rings (SSSR count). The Labute approximate surface area is 164 Å². The number of nitriles is 1. The molecule has 7 heteroatoms. The van der Waals surface area contributed by atoms with Crippen molar-refractivity contribution in [3.8, 4) is 11.8 Å². The maximum Gasteiger partial charge on any atom is 0.333 e. The smallest absolute Gasteiger partial charge is 0.333 e. The van der Waals surface area contributed by atoms with Crippen LogP contribution in [0.5, 0.6) is 5.75 Å². The lowest BCUT2D eigenvalue weighted by Crippen LogP contribution is -2.24. The summed E-state index contributed by atoms with van der Waals surface area (Å²) in [5.74, 6) is -0.427. The number of anilines is 1. The second-order valence-corrected chi connectivity index (χ2v) is 5.99. The summed E-state index contributed by atoms with van der Waals surface area (Å²) in [5, 5.41) is 12.1. The fourth-order valence-corrected chi connectivity index (χ4v) is 2.66. The van der Waals surface area contributed by atoms with Crippen molar-refractivity contribution in [1.82, 2.24) is 0 Å². The van der Waals surface area contributed by atoms with Crippen molar-refractivity contribution in [3.63, 3.8) is 0 Å². The van der Waals surface area contributed by atoms with Gasteiger partial charge in [-0.1, -0.05) is 13.0 Å². The molecule has 0 saturated carbocycles. The molecule has 2 aromatic carbocycles. The van der Waals surface area contributed by atoms with Gasteiger partial charge in [-0.05, 0) is 60.9 Å². The number of primary amides is 1. The summed E-state index contributed by atoms with van der Waals surface area (Å²) in [4.78, 5) is 23.5. The second kappa shape index (κ2) is 9.97. The van der Waals surface area contributed by atoms with E-state index < -0.39 is 17.9 Å². The number of nitrogens with one attached hydrogen (secondary N) is 1. The third-order valence-corrected chi connectivity index (χ3v) is 4.02. The fourth-order valence-electron chi connectivity index (χ4n) is 2.66. The summed E-state index contributed by atoms with van der Waals surface area (Å²) in [5.41, 5.74) is 7.89. The zero-order chi connectivity index (χ0) is 20.5. The first-order chi connectivity index (χ1) is 13.5. The first-order valence-corrected chi connectivity index (χ1v) is 8.95. The summed E-state index contributed by atoms with van der Waals surface area (Å²) in [7, 11) is 0. The van der Waals surface area contributed by atoms with Crippen molar-refractivity contribution < 1.29 is 19.1 Å². The van der Waals surface area contributed by atoms with Crippen molar-refractivity contribution in [3.05, 3.63) is 59.2 Å². The molecular weight excluding hydrogens is 358 g/mol. The molecule has 7 nitrogen and oxygen atoms in total. The van der Waals surface area contributed by atoms with Crippen molar-refractivity contribution >= 4 is 17.6 Å². The van der Waals surface area contributed by atoms with Crippen LogP contribution in [0.25, 0.3) is 0 Å². The molecule has 0 aliphatic carbocycles. The highest BCUT2D eigenvalue weighted by Gasteiger charge is 2.23. The molecule has 0 bridgehead atoms. The van der Waals surface area contributed by atoms with Crippen LogP contribution >= 0.6 is 0 Å². The summed E-state index contributed by atoms with van der Waals surface area (Å²) in [6.07, 6.45) is 0.647. The van der Waals surface area contributed by atoms with E-state index in [1.807, 2.05) is 13.0 Å². The van der Waals surface area contributed by atoms with Crippen LogP contribution in [0.1, 0.15) is 36.6 Å². The van der Waals surface area contributed by atoms with E-state index in [0.29, 0.717) is 29.0 Å². The standard InChI is InChI=1S/C21H23N3O4/c1-3-15-11-16(7-10-18(15)28-13-19(23)25)20(21(26)27-4-2)24-17-8-5-14(12-22)6-9-17/h5-11,20,24H,3-4,13H2,1-2H3,(H2,23,25). The lowest BCUT2D eigenvalue weighted by molar-refractivity contribution is -0.144. The Morgan fingerprint density at radius 2 is 1.89 bits per heavy atom. The minimum Gasteiger partial charge on any atom is -0.484 e. The number of benzene rings is 2. The van der Waals surface area contributed by atoms with Crippen LogP contribution in [-0.4, -0.2) is 25.1 Å². The molecule has 146 valence electrons. The molecule has 1 atom stereocenters. The van der Waals surface area contributed by atoms with Gasteiger partial charge in [-0.25, -0.2) is 4.79 Å². The van der Waals surface area contributed by atoms with Gasteiger partial charge >= 0.3 is 5.97 Å². The zero-order valence-corrected chi connectivity index (χ0v) is 15.9. The van der Waals surface area contributed by atoms with Gasteiger partial charge in [0.05, 0.1) is 18.2 Å². The Bertz CT molecular complexity index is 872. The van der Waals surface area contributed by atoms with E-state index in [9.17, 15) is 9.59 Å². The number of ether oxygens (including phenoxy) is 2. The number of carbonyl (C=O) groups excluding carboxylic acids is 2. The lowest BCUT2D eigenvalue weighted by Gasteiger charge is -2.20. The predicted molar refractivity (Wildman–Crippen MR) is 105 cm³/mol. The molecule has 28 heavy (non-hydrogen) atoms. The molecule has 0 fully saturated rings. The minimum atomic E-state index is -0.733. The predicted octanol–water partition coefficient (Wildman–Crippen LogP) is 2.70. The van der Waals surface area contributed by atoms with E-state index in [0.717, 1.165) is 5.56 Å². The van der Waals surface area contributed by atoms with Gasteiger partial charge in [0.1, 0.15) is 5.75 Å². The second-order valence-electron chi connectivity index (χ2n) is 5.99. The zero-order valence-electron chi connectivity index (χ0n) is 15.9. The van der Waals surface area contributed by atoms with Crippen LogP contribution in [0.4, 0.5) is 5.69 Å². The third-order valence-electron chi connectivity index (χ3n) is 4.02. The molecule has 1 unspecified atom stereocenters. The van der Waals surface area contributed by atoms with Gasteiger partial charge in [-0.15, -0.1) is 0 Å². The Balaban J connectivity index is 2.32. The van der Waals surface area contributed by atoms with Crippen LogP contribution in [0.3, 0.4) is 0 Å². The number of hydrogen-bond acceptors (Lipinski definition) is 6. The van der Waals surface area contributed by atoms with E-state index >= 15 is 0 Å². The van der Waals surface area contributed by atoms with Crippen molar-refractivity contribution in [2.24, 2.45) is 5.73 Å². The van der Waals surface area contributed by atoms with Gasteiger partial charge in [0, 0.05) is 5.69 Å². The van der Waals surface area contributed by atoms with Crippen molar-refractivity contribution in [2.75, 3.05) is 18.5 Å². The maximum atomic E-state index is 12.5. The molecule has 0 spiro atoms. The van der Waals surface area contributed by atoms with Gasteiger partial charge in [0.15, 0.2) is 12.6 Å². The summed E-state index contributed by atoms with van der Waals surface area (Å²) in [6.45, 7) is 3.74. The topological polar surface area (TPSA) is 114 Å². The molecule has 0 aromatic heterocycles. The molecule has 0 aliphatic rings. The number of esters is 1. The highest BCUT2D eigenvalue weighted by atomic mass is 16.5. The van der Waals surface area contributed by atoms with Crippen LogP contribution < -0.4 is 15.8 Å². The van der Waals surface area contributed by atoms with Crippen LogP contribution in [0.2, 0.25) is 0 Å². The molecule has 0 saturated heterocycles. The Kier molecular flexibility index (Phi) is 7.40. The third kappa shape index (κ3) is 5.48. The van der Waals surface area contributed by atoms with Gasteiger partial charge < -0.3 is 20.5 Å². The summed E-state index contributed by atoms with van der Waals surface area (Å²) < 4.78 is 10.6. The first-order valence-electron chi connectivity index (χ1n) is 8.95. The average molecular weight is 381 g/mol. The van der Waals surface area contributed by atoms with Crippen LogP contribution in [0, 0.1) is 11.3 Å². The number of nitrogens with two attached hydrogens (primary N) is 1. The number of rotatable bonds is 9. The minimum absolute atomic E-state index is 0.211. The van der Waals surface area contributed by atoms with Gasteiger partial charge in [-0.3, -0.25) is 4.79 Å². The lowest BCUT2D eigenvalue weighted by atomic mass is 10.0. The fraction of sp³-hybridized carbons (Fsp3) is 0.286. The molecule has 0 aliphatic heterocycles. The quantitative estimate of drug-likeness (QED) is 0.646. The molecule has 3 N–H and O–H groups in total. The number of carbonyl (C=O) groups is 2. The maximum absolute atomic E-state index is 12.5. The molecule has 0 heterocycles. The SMILES string of the molecule is CCOC(=O)C(Nc1ccc(C#N)cc1)c1ccc(OCC(N)=O)c(CC)c1. The van der Waals surface area contributed by atoms with Crippen molar-refractivity contribution in [1.29, 1.82) is 5.26 Å². The highest BCUT2D eigenvalue weighted by Crippen LogP contribution is 2.27. The first kappa shape index (κ1) is 20.8. The highest BCUT2D eigenvalue weighted by molar-refractivity contribution is 5.81. The molecule has 2 aromatic rings. The van der Waals surface area contributed by atoms with Gasteiger partial charge in [-0.2, -0.15) is 5.26 Å². The average Bonchev–Trinajstić information content (AvgIpc) is 2.71.